The van der Waals surface area contributed by atoms with E-state index in [1.807, 2.05) is 58.0 Å². The number of carbonyl (C=O) groups excluding carboxylic acids is 2. The molecule has 21 heavy (non-hydrogen) atoms. The summed E-state index contributed by atoms with van der Waals surface area (Å²) in [7, 11) is 0. The average molecular weight is 289 g/mol. The molecule has 1 amide bonds. The van der Waals surface area contributed by atoms with Crippen molar-refractivity contribution in [3.63, 3.8) is 0 Å². The highest BCUT2D eigenvalue weighted by molar-refractivity contribution is 5.89. The van der Waals surface area contributed by atoms with Crippen molar-refractivity contribution in [3.05, 3.63) is 35.9 Å². The first-order valence-electron chi connectivity index (χ1n) is 7.38. The number of hydrogen-bond donors (Lipinski definition) is 1. The zero-order valence-corrected chi connectivity index (χ0v) is 13.1. The number of amides is 1. The highest BCUT2D eigenvalue weighted by Crippen LogP contribution is 2.28. The lowest BCUT2D eigenvalue weighted by Crippen LogP contribution is -2.42. The Hall–Kier alpha value is -1.84. The van der Waals surface area contributed by atoms with Gasteiger partial charge in [0.15, 0.2) is 0 Å². The molecule has 0 saturated carbocycles. The van der Waals surface area contributed by atoms with Crippen LogP contribution in [0, 0.1) is 5.92 Å². The zero-order valence-electron chi connectivity index (χ0n) is 13.1. The van der Waals surface area contributed by atoms with Crippen molar-refractivity contribution in [2.75, 3.05) is 0 Å². The fourth-order valence-corrected chi connectivity index (χ4v) is 2.83. The first-order chi connectivity index (χ1) is 9.80. The Balaban J connectivity index is 2.12. The van der Waals surface area contributed by atoms with Crippen molar-refractivity contribution in [1.82, 2.24) is 5.32 Å². The lowest BCUT2D eigenvalue weighted by Gasteiger charge is -2.22. The van der Waals surface area contributed by atoms with Gasteiger partial charge >= 0.3 is 5.97 Å². The maximum Gasteiger partial charge on any atom is 0.329 e. The monoisotopic (exact) mass is 289 g/mol. The predicted octanol–water partition coefficient (Wildman–Crippen LogP) is 2.64. The predicted molar refractivity (Wildman–Crippen MR) is 80.7 cm³/mol. The van der Waals surface area contributed by atoms with Crippen LogP contribution in [-0.4, -0.2) is 23.5 Å². The van der Waals surface area contributed by atoms with E-state index in [-0.39, 0.29) is 23.7 Å². The van der Waals surface area contributed by atoms with Crippen molar-refractivity contribution >= 4 is 11.9 Å². The quantitative estimate of drug-likeness (QED) is 0.867. The maximum atomic E-state index is 12.6. The molecule has 0 spiro atoms. The van der Waals surface area contributed by atoms with Crippen LogP contribution in [0.4, 0.5) is 0 Å². The van der Waals surface area contributed by atoms with Crippen molar-refractivity contribution in [3.8, 4) is 0 Å². The minimum absolute atomic E-state index is 0.115. The fraction of sp³-hybridized carbons (Fsp3) is 0.529. The molecule has 1 aromatic rings. The third-order valence-electron chi connectivity index (χ3n) is 3.78. The average Bonchev–Trinajstić information content (AvgIpc) is 2.63. The Bertz CT molecular complexity index is 522. The molecule has 1 heterocycles. The van der Waals surface area contributed by atoms with Gasteiger partial charge in [0, 0.05) is 6.42 Å². The molecule has 0 unspecified atom stereocenters. The number of hydrogen-bond acceptors (Lipinski definition) is 3. The van der Waals surface area contributed by atoms with Crippen LogP contribution in [0.15, 0.2) is 30.3 Å². The molecule has 2 rings (SSSR count). The Morgan fingerprint density at radius 1 is 1.29 bits per heavy atom. The van der Waals surface area contributed by atoms with Gasteiger partial charge in [-0.1, -0.05) is 44.2 Å². The number of benzene rings is 1. The molecule has 0 bridgehead atoms. The largest absolute Gasteiger partial charge is 0.458 e. The number of carbonyl (C=O) groups is 2. The third kappa shape index (κ3) is 3.63. The van der Waals surface area contributed by atoms with Crippen LogP contribution >= 0.6 is 0 Å². The summed E-state index contributed by atoms with van der Waals surface area (Å²) in [5.41, 5.74) is 0.463. The first-order valence-corrected chi connectivity index (χ1v) is 7.38. The van der Waals surface area contributed by atoms with Crippen molar-refractivity contribution in [1.29, 1.82) is 0 Å². The molecule has 1 aliphatic heterocycles. The van der Waals surface area contributed by atoms with Gasteiger partial charge in [0.05, 0.1) is 5.92 Å². The molecule has 1 aromatic carbocycles. The molecule has 4 nitrogen and oxygen atoms in total. The van der Waals surface area contributed by atoms with Crippen molar-refractivity contribution < 1.29 is 14.3 Å². The van der Waals surface area contributed by atoms with Gasteiger partial charge in [-0.3, -0.25) is 4.79 Å². The molecule has 1 aliphatic rings. The molecular weight excluding hydrogens is 266 g/mol. The SMILES string of the molecule is CC(C)[C@@H](C(=O)N[C@H]1CC(C)(C)OC1=O)c1ccccc1. The van der Waals surface area contributed by atoms with Gasteiger partial charge in [-0.05, 0) is 25.3 Å². The second kappa shape index (κ2) is 5.88. The van der Waals surface area contributed by atoms with E-state index in [0.717, 1.165) is 5.56 Å². The molecule has 0 aromatic heterocycles. The number of nitrogens with one attached hydrogen (secondary N) is 1. The Kier molecular flexibility index (Phi) is 4.35. The van der Waals surface area contributed by atoms with Crippen LogP contribution in [0.3, 0.4) is 0 Å². The first kappa shape index (κ1) is 15.5. The van der Waals surface area contributed by atoms with Gasteiger partial charge in [-0.25, -0.2) is 4.79 Å². The standard InChI is InChI=1S/C17H23NO3/c1-11(2)14(12-8-6-5-7-9-12)15(19)18-13-10-17(3,4)21-16(13)20/h5-9,11,13-14H,10H2,1-4H3,(H,18,19)/t13-,14+/m0/s1. The van der Waals surface area contributed by atoms with Crippen LogP contribution in [-0.2, 0) is 14.3 Å². The summed E-state index contributed by atoms with van der Waals surface area (Å²) < 4.78 is 5.25. The molecule has 0 radical (unpaired) electrons. The second-order valence-electron chi connectivity index (χ2n) is 6.58. The van der Waals surface area contributed by atoms with Gasteiger partial charge in [0.25, 0.3) is 0 Å². The number of rotatable bonds is 4. The summed E-state index contributed by atoms with van der Waals surface area (Å²) in [4.78, 5) is 24.4. The van der Waals surface area contributed by atoms with E-state index in [1.54, 1.807) is 0 Å². The lowest BCUT2D eigenvalue weighted by atomic mass is 9.87. The molecule has 1 fully saturated rings. The van der Waals surface area contributed by atoms with Crippen LogP contribution in [0.25, 0.3) is 0 Å². The summed E-state index contributed by atoms with van der Waals surface area (Å²) in [6, 6.07) is 9.12. The summed E-state index contributed by atoms with van der Waals surface area (Å²) in [6.45, 7) is 7.73. The van der Waals surface area contributed by atoms with Gasteiger partial charge in [0.2, 0.25) is 5.91 Å². The van der Waals surface area contributed by atoms with Gasteiger partial charge < -0.3 is 10.1 Å². The highest BCUT2D eigenvalue weighted by Gasteiger charge is 2.41. The van der Waals surface area contributed by atoms with E-state index in [2.05, 4.69) is 5.32 Å². The summed E-state index contributed by atoms with van der Waals surface area (Å²) in [5, 5.41) is 2.85. The van der Waals surface area contributed by atoms with E-state index in [0.29, 0.717) is 6.42 Å². The molecule has 1 saturated heterocycles. The smallest absolute Gasteiger partial charge is 0.329 e. The maximum absolute atomic E-state index is 12.6. The molecule has 2 atom stereocenters. The van der Waals surface area contributed by atoms with Crippen LogP contribution in [0.2, 0.25) is 0 Å². The lowest BCUT2D eigenvalue weighted by molar-refractivity contribution is -0.148. The molecule has 114 valence electrons. The van der Waals surface area contributed by atoms with Crippen LogP contribution < -0.4 is 5.32 Å². The number of cyclic esters (lactones) is 1. The number of ether oxygens (including phenoxy) is 1. The van der Waals surface area contributed by atoms with E-state index >= 15 is 0 Å². The number of esters is 1. The van der Waals surface area contributed by atoms with E-state index in [1.165, 1.54) is 0 Å². The highest BCUT2D eigenvalue weighted by atomic mass is 16.6. The van der Waals surface area contributed by atoms with Crippen LogP contribution in [0.1, 0.15) is 45.6 Å². The molecule has 0 aliphatic carbocycles. The van der Waals surface area contributed by atoms with Crippen molar-refractivity contribution in [2.45, 2.75) is 51.7 Å². The minimum Gasteiger partial charge on any atom is -0.458 e. The second-order valence-corrected chi connectivity index (χ2v) is 6.58. The van der Waals surface area contributed by atoms with Crippen molar-refractivity contribution in [2.24, 2.45) is 5.92 Å². The van der Waals surface area contributed by atoms with E-state index < -0.39 is 11.6 Å². The topological polar surface area (TPSA) is 55.4 Å². The Morgan fingerprint density at radius 3 is 2.38 bits per heavy atom. The van der Waals surface area contributed by atoms with E-state index in [9.17, 15) is 9.59 Å². The minimum atomic E-state index is -0.544. The van der Waals surface area contributed by atoms with Gasteiger partial charge in [-0.2, -0.15) is 0 Å². The summed E-state index contributed by atoms with van der Waals surface area (Å²) in [6.07, 6.45) is 0.511. The Labute approximate surface area is 125 Å². The van der Waals surface area contributed by atoms with Gasteiger partial charge in [-0.15, -0.1) is 0 Å². The zero-order chi connectivity index (χ0) is 15.6. The molecule has 1 N–H and O–H groups in total. The third-order valence-corrected chi connectivity index (χ3v) is 3.78. The Morgan fingerprint density at radius 2 is 1.90 bits per heavy atom. The molecular formula is C17H23NO3. The molecule has 4 heteroatoms. The van der Waals surface area contributed by atoms with E-state index in [4.69, 9.17) is 4.74 Å². The fourth-order valence-electron chi connectivity index (χ4n) is 2.83. The normalized spacial score (nSPS) is 22.0. The van der Waals surface area contributed by atoms with Crippen LogP contribution in [0.5, 0.6) is 0 Å². The summed E-state index contributed by atoms with van der Waals surface area (Å²) in [5.74, 6) is -0.569. The summed E-state index contributed by atoms with van der Waals surface area (Å²) >= 11 is 0. The van der Waals surface area contributed by atoms with Gasteiger partial charge in [0.1, 0.15) is 11.6 Å².